The van der Waals surface area contributed by atoms with Gasteiger partial charge in [-0.25, -0.2) is 9.18 Å². The van der Waals surface area contributed by atoms with Crippen molar-refractivity contribution in [3.63, 3.8) is 0 Å². The van der Waals surface area contributed by atoms with Gasteiger partial charge in [-0.3, -0.25) is 9.78 Å². The summed E-state index contributed by atoms with van der Waals surface area (Å²) in [5, 5.41) is 5.91. The van der Waals surface area contributed by atoms with E-state index in [1.165, 1.54) is 12.1 Å². The SMILES string of the molecule is CCCCNC(=O)N1C[C@@H](C(=O)NCc2cccnc2)CC[C@@H]1c1ccc(F)cc1. The van der Waals surface area contributed by atoms with Gasteiger partial charge in [0.25, 0.3) is 0 Å². The molecule has 2 aromatic rings. The number of carbonyl (C=O) groups excluding carboxylic acids is 2. The standard InChI is InChI=1S/C23H29FN4O2/c1-2-3-13-26-23(30)28-16-19(22(29)27-15-17-5-4-12-25-14-17)8-11-21(28)18-6-9-20(24)10-7-18/h4-7,9-10,12,14,19,21H,2-3,8,11,13,15-16H2,1H3,(H,26,30)(H,27,29)/t19-,21+/m0/s1. The number of benzene rings is 1. The van der Waals surface area contributed by atoms with E-state index in [9.17, 15) is 14.0 Å². The zero-order valence-corrected chi connectivity index (χ0v) is 17.3. The number of aromatic nitrogens is 1. The average Bonchev–Trinajstić information content (AvgIpc) is 2.78. The zero-order chi connectivity index (χ0) is 21.3. The monoisotopic (exact) mass is 412 g/mol. The molecule has 0 saturated carbocycles. The van der Waals surface area contributed by atoms with Crippen LogP contribution in [0, 0.1) is 11.7 Å². The van der Waals surface area contributed by atoms with Crippen LogP contribution in [0.5, 0.6) is 0 Å². The van der Waals surface area contributed by atoms with Crippen molar-refractivity contribution in [3.8, 4) is 0 Å². The number of pyridine rings is 1. The van der Waals surface area contributed by atoms with Crippen LogP contribution < -0.4 is 10.6 Å². The van der Waals surface area contributed by atoms with Gasteiger partial charge >= 0.3 is 6.03 Å². The Balaban J connectivity index is 1.67. The van der Waals surface area contributed by atoms with Crippen LogP contribution in [-0.4, -0.2) is 34.9 Å². The van der Waals surface area contributed by atoms with E-state index in [-0.39, 0.29) is 29.7 Å². The van der Waals surface area contributed by atoms with Crippen LogP contribution in [0.15, 0.2) is 48.8 Å². The van der Waals surface area contributed by atoms with E-state index < -0.39 is 0 Å². The van der Waals surface area contributed by atoms with Gasteiger partial charge in [0, 0.05) is 32.0 Å². The van der Waals surface area contributed by atoms with Gasteiger partial charge in [-0.2, -0.15) is 0 Å². The number of urea groups is 1. The van der Waals surface area contributed by atoms with E-state index in [4.69, 9.17) is 0 Å². The second-order valence-corrected chi connectivity index (χ2v) is 7.66. The molecule has 6 nitrogen and oxygen atoms in total. The summed E-state index contributed by atoms with van der Waals surface area (Å²) in [6.45, 7) is 3.41. The van der Waals surface area contributed by atoms with E-state index in [2.05, 4.69) is 22.5 Å². The van der Waals surface area contributed by atoms with Gasteiger partial charge in [-0.05, 0) is 48.6 Å². The summed E-state index contributed by atoms with van der Waals surface area (Å²) in [4.78, 5) is 31.4. The van der Waals surface area contributed by atoms with E-state index in [1.807, 2.05) is 12.1 Å². The van der Waals surface area contributed by atoms with Crippen molar-refractivity contribution in [1.29, 1.82) is 0 Å². The summed E-state index contributed by atoms with van der Waals surface area (Å²) in [6, 6.07) is 9.65. The lowest BCUT2D eigenvalue weighted by atomic mass is 9.88. The number of unbranched alkanes of at least 4 members (excludes halogenated alkanes) is 1. The van der Waals surface area contributed by atoms with Crippen LogP contribution in [-0.2, 0) is 11.3 Å². The minimum Gasteiger partial charge on any atom is -0.352 e. The van der Waals surface area contributed by atoms with Gasteiger partial charge in [0.15, 0.2) is 0 Å². The predicted octanol–water partition coefficient (Wildman–Crippen LogP) is 3.80. The summed E-state index contributed by atoms with van der Waals surface area (Å²) in [5.74, 6) is -0.653. The number of likely N-dealkylation sites (tertiary alicyclic amines) is 1. The van der Waals surface area contributed by atoms with E-state index >= 15 is 0 Å². The Morgan fingerprint density at radius 1 is 1.17 bits per heavy atom. The second-order valence-electron chi connectivity index (χ2n) is 7.66. The average molecular weight is 413 g/mol. The maximum absolute atomic E-state index is 13.4. The van der Waals surface area contributed by atoms with Gasteiger partial charge in [-0.15, -0.1) is 0 Å². The topological polar surface area (TPSA) is 74.3 Å². The number of nitrogens with zero attached hydrogens (tertiary/aromatic N) is 2. The van der Waals surface area contributed by atoms with Gasteiger partial charge in [-0.1, -0.05) is 31.5 Å². The molecule has 1 saturated heterocycles. The van der Waals surface area contributed by atoms with Crippen molar-refractivity contribution in [2.75, 3.05) is 13.1 Å². The number of piperidine rings is 1. The number of hydrogen-bond acceptors (Lipinski definition) is 3. The quantitative estimate of drug-likeness (QED) is 0.680. The van der Waals surface area contributed by atoms with E-state index in [0.717, 1.165) is 24.0 Å². The van der Waals surface area contributed by atoms with Crippen LogP contribution in [0.4, 0.5) is 9.18 Å². The molecule has 0 aliphatic carbocycles. The highest BCUT2D eigenvalue weighted by Gasteiger charge is 2.35. The summed E-state index contributed by atoms with van der Waals surface area (Å²) < 4.78 is 13.4. The highest BCUT2D eigenvalue weighted by atomic mass is 19.1. The molecule has 3 rings (SSSR count). The zero-order valence-electron chi connectivity index (χ0n) is 17.3. The lowest BCUT2D eigenvalue weighted by Gasteiger charge is -2.39. The number of halogens is 1. The van der Waals surface area contributed by atoms with Crippen LogP contribution >= 0.6 is 0 Å². The molecular formula is C23H29FN4O2. The summed E-state index contributed by atoms with van der Waals surface area (Å²) in [5.41, 5.74) is 1.82. The Kier molecular flexibility index (Phi) is 7.76. The van der Waals surface area contributed by atoms with Crippen LogP contribution in [0.1, 0.15) is 49.8 Å². The first-order valence-electron chi connectivity index (χ1n) is 10.5. The maximum atomic E-state index is 13.4. The lowest BCUT2D eigenvalue weighted by Crippen LogP contribution is -2.50. The largest absolute Gasteiger partial charge is 0.352 e. The third kappa shape index (κ3) is 5.78. The Labute approximate surface area is 176 Å². The number of carbonyl (C=O) groups is 2. The molecule has 7 heteroatoms. The second kappa shape index (κ2) is 10.7. The van der Waals surface area contributed by atoms with Crippen molar-refractivity contribution < 1.29 is 14.0 Å². The fourth-order valence-corrected chi connectivity index (χ4v) is 3.75. The van der Waals surface area contributed by atoms with Crippen molar-refractivity contribution in [1.82, 2.24) is 20.5 Å². The molecule has 30 heavy (non-hydrogen) atoms. The van der Waals surface area contributed by atoms with E-state index in [0.29, 0.717) is 32.5 Å². The minimum atomic E-state index is -0.304. The van der Waals surface area contributed by atoms with Crippen LogP contribution in [0.2, 0.25) is 0 Å². The number of hydrogen-bond donors (Lipinski definition) is 2. The van der Waals surface area contributed by atoms with Gasteiger partial charge in [0.05, 0.1) is 12.0 Å². The summed E-state index contributed by atoms with van der Waals surface area (Å²) in [7, 11) is 0. The maximum Gasteiger partial charge on any atom is 0.317 e. The molecule has 160 valence electrons. The first kappa shape index (κ1) is 21.7. The van der Waals surface area contributed by atoms with Crippen molar-refractivity contribution in [2.24, 2.45) is 5.92 Å². The number of amides is 3. The molecule has 1 aliphatic heterocycles. The molecule has 1 fully saturated rings. The molecule has 1 aliphatic rings. The molecule has 0 bridgehead atoms. The third-order valence-electron chi connectivity index (χ3n) is 5.46. The van der Waals surface area contributed by atoms with Crippen molar-refractivity contribution in [3.05, 3.63) is 65.7 Å². The fraction of sp³-hybridized carbons (Fsp3) is 0.435. The molecule has 1 aromatic heterocycles. The summed E-state index contributed by atoms with van der Waals surface area (Å²) >= 11 is 0. The fourth-order valence-electron chi connectivity index (χ4n) is 3.75. The van der Waals surface area contributed by atoms with Gasteiger partial charge in [0.1, 0.15) is 5.82 Å². The minimum absolute atomic E-state index is 0.0669. The molecule has 3 amide bonds. The molecule has 0 radical (unpaired) electrons. The first-order valence-corrected chi connectivity index (χ1v) is 10.5. The number of nitrogens with one attached hydrogen (secondary N) is 2. The van der Waals surface area contributed by atoms with Crippen LogP contribution in [0.3, 0.4) is 0 Å². The first-order chi connectivity index (χ1) is 14.6. The molecular weight excluding hydrogens is 383 g/mol. The smallest absolute Gasteiger partial charge is 0.317 e. The van der Waals surface area contributed by atoms with Gasteiger partial charge in [0.2, 0.25) is 5.91 Å². The third-order valence-corrected chi connectivity index (χ3v) is 5.46. The van der Waals surface area contributed by atoms with Crippen molar-refractivity contribution >= 4 is 11.9 Å². The molecule has 0 spiro atoms. The molecule has 2 atom stereocenters. The van der Waals surface area contributed by atoms with Crippen molar-refractivity contribution in [2.45, 2.75) is 45.2 Å². The lowest BCUT2D eigenvalue weighted by molar-refractivity contribution is -0.126. The highest BCUT2D eigenvalue weighted by Crippen LogP contribution is 2.33. The Hall–Kier alpha value is -2.96. The molecule has 2 heterocycles. The Bertz CT molecular complexity index is 829. The Morgan fingerprint density at radius 3 is 2.67 bits per heavy atom. The molecule has 0 unspecified atom stereocenters. The normalized spacial score (nSPS) is 18.7. The van der Waals surface area contributed by atoms with E-state index in [1.54, 1.807) is 29.4 Å². The summed E-state index contributed by atoms with van der Waals surface area (Å²) in [6.07, 6.45) is 6.62. The van der Waals surface area contributed by atoms with Crippen LogP contribution in [0.25, 0.3) is 0 Å². The molecule has 2 N–H and O–H groups in total. The predicted molar refractivity (Wildman–Crippen MR) is 113 cm³/mol. The molecule has 1 aromatic carbocycles. The Morgan fingerprint density at radius 2 is 1.97 bits per heavy atom. The highest BCUT2D eigenvalue weighted by molar-refractivity contribution is 5.81. The van der Waals surface area contributed by atoms with Gasteiger partial charge < -0.3 is 15.5 Å². The number of rotatable bonds is 7.